The predicted octanol–water partition coefficient (Wildman–Crippen LogP) is 2.56. The normalized spacial score (nSPS) is 11.7. The second-order valence-electron chi connectivity index (χ2n) is 3.03. The number of halogens is 1. The van der Waals surface area contributed by atoms with Crippen molar-refractivity contribution in [1.82, 2.24) is 4.98 Å². The van der Waals surface area contributed by atoms with E-state index in [4.69, 9.17) is 22.5 Å². The molecule has 0 aliphatic carbocycles. The fourth-order valence-electron chi connectivity index (χ4n) is 1.21. The van der Waals surface area contributed by atoms with E-state index in [2.05, 4.69) is 10.1 Å². The molecule has 0 amide bonds. The third kappa shape index (κ3) is 2.15. The van der Waals surface area contributed by atoms with E-state index in [9.17, 15) is 0 Å². The van der Waals surface area contributed by atoms with E-state index in [0.717, 1.165) is 11.3 Å². The molecular formula is C10H8ClN3OS. The lowest BCUT2D eigenvalue weighted by atomic mass is 10.2. The van der Waals surface area contributed by atoms with Crippen molar-refractivity contribution in [2.24, 2.45) is 10.9 Å². The summed E-state index contributed by atoms with van der Waals surface area (Å²) in [7, 11) is 0. The number of hydrogen-bond acceptors (Lipinski definition) is 4. The minimum absolute atomic E-state index is 0.0123. The first-order valence-electron chi connectivity index (χ1n) is 4.40. The fourth-order valence-corrected chi connectivity index (χ4v) is 2.13. The Morgan fingerprint density at radius 2 is 2.31 bits per heavy atom. The van der Waals surface area contributed by atoms with E-state index >= 15 is 0 Å². The van der Waals surface area contributed by atoms with Crippen molar-refractivity contribution in [3.63, 3.8) is 0 Å². The molecule has 82 valence electrons. The molecule has 0 aliphatic rings. The molecule has 0 spiro atoms. The monoisotopic (exact) mass is 253 g/mol. The Bertz CT molecular complexity index is 538. The minimum Gasteiger partial charge on any atom is -0.409 e. The van der Waals surface area contributed by atoms with Crippen LogP contribution in [0, 0.1) is 0 Å². The van der Waals surface area contributed by atoms with Crippen molar-refractivity contribution in [2.45, 2.75) is 0 Å². The molecule has 6 heteroatoms. The molecule has 0 bridgehead atoms. The average Bonchev–Trinajstić information content (AvgIpc) is 2.77. The lowest BCUT2D eigenvalue weighted by Gasteiger charge is -1.96. The van der Waals surface area contributed by atoms with Crippen LogP contribution in [0.25, 0.3) is 11.3 Å². The molecule has 0 unspecified atom stereocenters. The summed E-state index contributed by atoms with van der Waals surface area (Å²) in [6.45, 7) is 0. The molecule has 1 heterocycles. The van der Waals surface area contributed by atoms with E-state index in [-0.39, 0.29) is 5.84 Å². The maximum Gasteiger partial charge on any atom is 0.199 e. The van der Waals surface area contributed by atoms with E-state index in [1.54, 1.807) is 6.07 Å². The average molecular weight is 254 g/mol. The van der Waals surface area contributed by atoms with Gasteiger partial charge in [0.15, 0.2) is 10.8 Å². The summed E-state index contributed by atoms with van der Waals surface area (Å²) in [6, 6.07) is 7.35. The van der Waals surface area contributed by atoms with Crippen molar-refractivity contribution >= 4 is 28.8 Å². The van der Waals surface area contributed by atoms with Crippen LogP contribution in [0.3, 0.4) is 0 Å². The maximum absolute atomic E-state index is 8.52. The standard InChI is InChI=1S/C10H8ClN3OS/c11-7-3-1-2-6(4-7)8-5-16-10(13-8)9(12)14-15/h1-5,15H,(H2,12,14). The van der Waals surface area contributed by atoms with Gasteiger partial charge in [-0.05, 0) is 12.1 Å². The smallest absolute Gasteiger partial charge is 0.199 e. The van der Waals surface area contributed by atoms with Gasteiger partial charge in [-0.25, -0.2) is 4.98 Å². The van der Waals surface area contributed by atoms with Gasteiger partial charge >= 0.3 is 0 Å². The number of oxime groups is 1. The number of amidine groups is 1. The molecule has 1 aromatic heterocycles. The van der Waals surface area contributed by atoms with Crippen LogP contribution in [0.5, 0.6) is 0 Å². The molecule has 0 saturated heterocycles. The van der Waals surface area contributed by atoms with E-state index in [0.29, 0.717) is 10.0 Å². The van der Waals surface area contributed by atoms with Crippen molar-refractivity contribution in [2.75, 3.05) is 0 Å². The zero-order valence-electron chi connectivity index (χ0n) is 8.09. The molecular weight excluding hydrogens is 246 g/mol. The van der Waals surface area contributed by atoms with Crippen LogP contribution in [0.4, 0.5) is 0 Å². The van der Waals surface area contributed by atoms with Crippen molar-refractivity contribution in [1.29, 1.82) is 0 Å². The first-order valence-corrected chi connectivity index (χ1v) is 5.66. The van der Waals surface area contributed by atoms with E-state index in [1.807, 2.05) is 23.6 Å². The van der Waals surface area contributed by atoms with Gasteiger partial charge in [0.2, 0.25) is 0 Å². The highest BCUT2D eigenvalue weighted by Crippen LogP contribution is 2.24. The van der Waals surface area contributed by atoms with Crippen molar-refractivity contribution in [3.8, 4) is 11.3 Å². The van der Waals surface area contributed by atoms with Crippen LogP contribution in [0.15, 0.2) is 34.8 Å². The number of rotatable bonds is 2. The Balaban J connectivity index is 2.39. The second kappa shape index (κ2) is 4.51. The van der Waals surface area contributed by atoms with Gasteiger partial charge in [-0.2, -0.15) is 0 Å². The summed E-state index contributed by atoms with van der Waals surface area (Å²) in [5, 5.41) is 14.4. The largest absolute Gasteiger partial charge is 0.409 e. The first kappa shape index (κ1) is 10.9. The van der Waals surface area contributed by atoms with Crippen LogP contribution < -0.4 is 5.73 Å². The van der Waals surface area contributed by atoms with Crippen LogP contribution in [-0.2, 0) is 0 Å². The third-order valence-electron chi connectivity index (χ3n) is 1.95. The van der Waals surface area contributed by atoms with Gasteiger partial charge < -0.3 is 10.9 Å². The molecule has 1 aromatic carbocycles. The highest BCUT2D eigenvalue weighted by Gasteiger charge is 2.07. The summed E-state index contributed by atoms with van der Waals surface area (Å²) in [6.07, 6.45) is 0. The Labute approximate surface area is 101 Å². The second-order valence-corrected chi connectivity index (χ2v) is 4.33. The Morgan fingerprint density at radius 3 is 3.00 bits per heavy atom. The lowest BCUT2D eigenvalue weighted by molar-refractivity contribution is 0.318. The molecule has 2 aromatic rings. The third-order valence-corrected chi connectivity index (χ3v) is 3.05. The van der Waals surface area contributed by atoms with Gasteiger partial charge in [0, 0.05) is 16.0 Å². The Morgan fingerprint density at radius 1 is 1.50 bits per heavy atom. The van der Waals surface area contributed by atoms with Crippen LogP contribution in [0.1, 0.15) is 5.01 Å². The predicted molar refractivity (Wildman–Crippen MR) is 65.1 cm³/mol. The number of nitrogens with two attached hydrogens (primary N) is 1. The molecule has 3 N–H and O–H groups in total. The number of benzene rings is 1. The summed E-state index contributed by atoms with van der Waals surface area (Å²) >= 11 is 7.19. The first-order chi connectivity index (χ1) is 7.70. The highest BCUT2D eigenvalue weighted by atomic mass is 35.5. The summed E-state index contributed by atoms with van der Waals surface area (Å²) in [5.74, 6) is 0.0123. The maximum atomic E-state index is 8.52. The number of thiazole rings is 1. The summed E-state index contributed by atoms with van der Waals surface area (Å²) < 4.78 is 0. The van der Waals surface area contributed by atoms with E-state index in [1.165, 1.54) is 11.3 Å². The minimum atomic E-state index is 0.0123. The number of aromatic nitrogens is 1. The van der Waals surface area contributed by atoms with Gasteiger partial charge in [-0.1, -0.05) is 28.9 Å². The fraction of sp³-hybridized carbons (Fsp3) is 0. The van der Waals surface area contributed by atoms with Crippen LogP contribution in [0.2, 0.25) is 5.02 Å². The molecule has 16 heavy (non-hydrogen) atoms. The van der Waals surface area contributed by atoms with Gasteiger partial charge in [-0.15, -0.1) is 11.3 Å². The quantitative estimate of drug-likeness (QED) is 0.374. The number of hydrogen-bond donors (Lipinski definition) is 2. The van der Waals surface area contributed by atoms with Crippen LogP contribution in [-0.4, -0.2) is 16.0 Å². The summed E-state index contributed by atoms with van der Waals surface area (Å²) in [5.41, 5.74) is 7.10. The molecule has 0 atom stereocenters. The molecule has 0 saturated carbocycles. The molecule has 0 radical (unpaired) electrons. The SMILES string of the molecule is N/C(=N\O)c1nc(-c2cccc(Cl)c2)cs1. The van der Waals surface area contributed by atoms with Gasteiger partial charge in [-0.3, -0.25) is 0 Å². The zero-order chi connectivity index (χ0) is 11.5. The van der Waals surface area contributed by atoms with Crippen molar-refractivity contribution in [3.05, 3.63) is 39.7 Å². The molecule has 2 rings (SSSR count). The van der Waals surface area contributed by atoms with E-state index < -0.39 is 0 Å². The van der Waals surface area contributed by atoms with Gasteiger partial charge in [0.25, 0.3) is 0 Å². The molecule has 4 nitrogen and oxygen atoms in total. The summed E-state index contributed by atoms with van der Waals surface area (Å²) in [4.78, 5) is 4.24. The zero-order valence-corrected chi connectivity index (χ0v) is 9.66. The Hall–Kier alpha value is -1.59. The lowest BCUT2D eigenvalue weighted by Crippen LogP contribution is -2.12. The van der Waals surface area contributed by atoms with Crippen LogP contribution >= 0.6 is 22.9 Å². The Kier molecular flexibility index (Phi) is 3.07. The molecule has 0 fully saturated rings. The highest BCUT2D eigenvalue weighted by molar-refractivity contribution is 7.12. The molecule has 0 aliphatic heterocycles. The van der Waals surface area contributed by atoms with Gasteiger partial charge in [0.1, 0.15) is 0 Å². The van der Waals surface area contributed by atoms with Gasteiger partial charge in [0.05, 0.1) is 5.69 Å². The topological polar surface area (TPSA) is 71.5 Å². The number of nitrogens with zero attached hydrogens (tertiary/aromatic N) is 2. The van der Waals surface area contributed by atoms with Crippen molar-refractivity contribution < 1.29 is 5.21 Å².